The quantitative estimate of drug-likeness (QED) is 0.460. The molecule has 0 heterocycles. The topological polar surface area (TPSA) is 46.5 Å². The Morgan fingerprint density at radius 2 is 1.88 bits per heavy atom. The summed E-state index contributed by atoms with van der Waals surface area (Å²) >= 11 is 0. The van der Waals surface area contributed by atoms with Crippen LogP contribution in [0.5, 0.6) is 0 Å². The number of allylic oxidation sites excluding steroid dienone is 1. The lowest BCUT2D eigenvalue weighted by atomic mass is 10.1. The molecular formula is C13H24O3. The van der Waals surface area contributed by atoms with Gasteiger partial charge < -0.3 is 9.84 Å². The number of carbonyl (C=O) groups is 1. The summed E-state index contributed by atoms with van der Waals surface area (Å²) < 4.78 is 5.43. The van der Waals surface area contributed by atoms with E-state index >= 15 is 0 Å². The molecule has 0 radical (unpaired) electrons. The zero-order chi connectivity index (χ0) is 12.2. The van der Waals surface area contributed by atoms with Crippen LogP contribution in [-0.2, 0) is 9.53 Å². The SMILES string of the molecule is CCCCOCCCCCC=C(C)C(=O)O. The minimum atomic E-state index is -0.817. The van der Waals surface area contributed by atoms with E-state index in [1.54, 1.807) is 13.0 Å². The van der Waals surface area contributed by atoms with Gasteiger partial charge >= 0.3 is 5.97 Å². The number of rotatable bonds is 10. The molecule has 0 aliphatic rings. The van der Waals surface area contributed by atoms with Gasteiger partial charge in [0.15, 0.2) is 0 Å². The standard InChI is InChI=1S/C13H24O3/c1-3-4-10-16-11-8-6-5-7-9-12(2)13(14)15/h9H,3-8,10-11H2,1-2H3,(H,14,15). The Labute approximate surface area is 98.5 Å². The van der Waals surface area contributed by atoms with Crippen LogP contribution < -0.4 is 0 Å². The maximum Gasteiger partial charge on any atom is 0.330 e. The summed E-state index contributed by atoms with van der Waals surface area (Å²) in [6.45, 7) is 5.49. The minimum absolute atomic E-state index is 0.444. The molecule has 0 spiro atoms. The Bertz CT molecular complexity index is 209. The Balaban J connectivity index is 3.21. The molecule has 16 heavy (non-hydrogen) atoms. The molecule has 0 saturated carbocycles. The van der Waals surface area contributed by atoms with Gasteiger partial charge in [0.25, 0.3) is 0 Å². The van der Waals surface area contributed by atoms with Gasteiger partial charge in [0, 0.05) is 18.8 Å². The van der Waals surface area contributed by atoms with Crippen molar-refractivity contribution in [3.63, 3.8) is 0 Å². The summed E-state index contributed by atoms with van der Waals surface area (Å²) in [5.74, 6) is -0.817. The first kappa shape index (κ1) is 15.2. The van der Waals surface area contributed by atoms with Crippen LogP contribution in [0, 0.1) is 0 Å². The van der Waals surface area contributed by atoms with Crippen molar-refractivity contribution >= 4 is 5.97 Å². The summed E-state index contributed by atoms with van der Waals surface area (Å²) in [7, 11) is 0. The number of carboxylic acids is 1. The van der Waals surface area contributed by atoms with Crippen LogP contribution >= 0.6 is 0 Å². The monoisotopic (exact) mass is 228 g/mol. The highest BCUT2D eigenvalue weighted by molar-refractivity contribution is 5.85. The highest BCUT2D eigenvalue weighted by atomic mass is 16.5. The molecule has 0 aromatic heterocycles. The molecule has 0 amide bonds. The van der Waals surface area contributed by atoms with Gasteiger partial charge in [-0.05, 0) is 32.6 Å². The lowest BCUT2D eigenvalue weighted by Gasteiger charge is -2.02. The molecule has 1 N–H and O–H groups in total. The first-order valence-corrected chi connectivity index (χ1v) is 6.16. The van der Waals surface area contributed by atoms with Crippen molar-refractivity contribution in [1.82, 2.24) is 0 Å². The van der Waals surface area contributed by atoms with Gasteiger partial charge in [0.1, 0.15) is 0 Å². The number of unbranched alkanes of at least 4 members (excludes halogenated alkanes) is 4. The summed E-state index contributed by atoms with van der Waals surface area (Å²) in [6.07, 6.45) is 8.19. The van der Waals surface area contributed by atoms with Crippen molar-refractivity contribution in [3.8, 4) is 0 Å². The highest BCUT2D eigenvalue weighted by Crippen LogP contribution is 2.04. The molecule has 0 atom stereocenters. The molecule has 0 aliphatic carbocycles. The molecule has 0 unspecified atom stereocenters. The van der Waals surface area contributed by atoms with Crippen LogP contribution in [0.3, 0.4) is 0 Å². The molecule has 0 aliphatic heterocycles. The lowest BCUT2D eigenvalue weighted by molar-refractivity contribution is -0.132. The van der Waals surface area contributed by atoms with Crippen LogP contribution in [0.4, 0.5) is 0 Å². The fourth-order valence-electron chi connectivity index (χ4n) is 1.28. The molecule has 0 aromatic carbocycles. The van der Waals surface area contributed by atoms with Crippen LogP contribution in [0.2, 0.25) is 0 Å². The fraction of sp³-hybridized carbons (Fsp3) is 0.769. The molecule has 3 heteroatoms. The van der Waals surface area contributed by atoms with E-state index in [1.807, 2.05) is 0 Å². The Morgan fingerprint density at radius 3 is 2.50 bits per heavy atom. The summed E-state index contributed by atoms with van der Waals surface area (Å²) in [5, 5.41) is 8.62. The van der Waals surface area contributed by atoms with E-state index in [9.17, 15) is 4.79 Å². The molecule has 0 bridgehead atoms. The third-order valence-electron chi connectivity index (χ3n) is 2.42. The largest absolute Gasteiger partial charge is 0.478 e. The third-order valence-corrected chi connectivity index (χ3v) is 2.42. The van der Waals surface area contributed by atoms with E-state index in [2.05, 4.69) is 6.92 Å². The molecule has 0 saturated heterocycles. The van der Waals surface area contributed by atoms with E-state index in [-0.39, 0.29) is 0 Å². The summed E-state index contributed by atoms with van der Waals surface area (Å²) in [4.78, 5) is 10.5. The van der Waals surface area contributed by atoms with E-state index in [1.165, 1.54) is 6.42 Å². The van der Waals surface area contributed by atoms with Crippen LogP contribution in [0.25, 0.3) is 0 Å². The van der Waals surface area contributed by atoms with Gasteiger partial charge in [-0.25, -0.2) is 4.79 Å². The Hall–Kier alpha value is -0.830. The van der Waals surface area contributed by atoms with Gasteiger partial charge in [-0.2, -0.15) is 0 Å². The summed E-state index contributed by atoms with van der Waals surface area (Å²) in [5.41, 5.74) is 0.444. The lowest BCUT2D eigenvalue weighted by Crippen LogP contribution is -1.97. The highest BCUT2D eigenvalue weighted by Gasteiger charge is 1.97. The maximum absolute atomic E-state index is 10.5. The third kappa shape index (κ3) is 9.71. The second-order valence-electron chi connectivity index (χ2n) is 4.01. The van der Waals surface area contributed by atoms with Crippen molar-refractivity contribution in [2.24, 2.45) is 0 Å². The first-order chi connectivity index (χ1) is 7.68. The van der Waals surface area contributed by atoms with E-state index in [4.69, 9.17) is 9.84 Å². The number of hydrogen-bond donors (Lipinski definition) is 1. The maximum atomic E-state index is 10.5. The number of aliphatic carboxylic acids is 1. The molecule has 0 fully saturated rings. The van der Waals surface area contributed by atoms with Gasteiger partial charge in [-0.3, -0.25) is 0 Å². The van der Waals surface area contributed by atoms with E-state index < -0.39 is 5.97 Å². The number of hydrogen-bond acceptors (Lipinski definition) is 2. The molecular weight excluding hydrogens is 204 g/mol. The molecule has 0 rings (SSSR count). The Morgan fingerprint density at radius 1 is 1.19 bits per heavy atom. The average molecular weight is 228 g/mol. The Kier molecular flexibility index (Phi) is 10.1. The molecule has 94 valence electrons. The summed E-state index contributed by atoms with van der Waals surface area (Å²) in [6, 6.07) is 0. The average Bonchev–Trinajstić information content (AvgIpc) is 2.26. The van der Waals surface area contributed by atoms with Gasteiger partial charge in [-0.15, -0.1) is 0 Å². The van der Waals surface area contributed by atoms with E-state index in [0.29, 0.717) is 5.57 Å². The van der Waals surface area contributed by atoms with Crippen molar-refractivity contribution in [1.29, 1.82) is 0 Å². The second-order valence-corrected chi connectivity index (χ2v) is 4.01. The zero-order valence-electron chi connectivity index (χ0n) is 10.5. The van der Waals surface area contributed by atoms with Crippen LogP contribution in [-0.4, -0.2) is 24.3 Å². The zero-order valence-corrected chi connectivity index (χ0v) is 10.5. The number of carboxylic acid groups (broad SMARTS) is 1. The van der Waals surface area contributed by atoms with Crippen molar-refractivity contribution in [2.75, 3.05) is 13.2 Å². The predicted octanol–water partition coefficient (Wildman–Crippen LogP) is 3.39. The van der Waals surface area contributed by atoms with E-state index in [0.717, 1.165) is 45.3 Å². The fourth-order valence-corrected chi connectivity index (χ4v) is 1.28. The number of ether oxygens (including phenoxy) is 1. The second kappa shape index (κ2) is 10.7. The molecule has 3 nitrogen and oxygen atoms in total. The minimum Gasteiger partial charge on any atom is -0.478 e. The normalized spacial score (nSPS) is 11.8. The van der Waals surface area contributed by atoms with Gasteiger partial charge in [-0.1, -0.05) is 25.8 Å². The van der Waals surface area contributed by atoms with Crippen molar-refractivity contribution in [2.45, 2.75) is 52.4 Å². The van der Waals surface area contributed by atoms with Crippen LogP contribution in [0.15, 0.2) is 11.6 Å². The van der Waals surface area contributed by atoms with Crippen LogP contribution in [0.1, 0.15) is 52.4 Å². The predicted molar refractivity (Wildman–Crippen MR) is 65.6 cm³/mol. The van der Waals surface area contributed by atoms with Gasteiger partial charge in [0.2, 0.25) is 0 Å². The smallest absolute Gasteiger partial charge is 0.330 e. The molecule has 0 aromatic rings. The first-order valence-electron chi connectivity index (χ1n) is 6.16. The van der Waals surface area contributed by atoms with Crippen molar-refractivity contribution < 1.29 is 14.6 Å². The van der Waals surface area contributed by atoms with Crippen molar-refractivity contribution in [3.05, 3.63) is 11.6 Å². The van der Waals surface area contributed by atoms with Gasteiger partial charge in [0.05, 0.1) is 0 Å².